The van der Waals surface area contributed by atoms with Gasteiger partial charge in [-0.05, 0) is 43.9 Å². The Labute approximate surface area is 115 Å². The van der Waals surface area contributed by atoms with Crippen LogP contribution in [0.4, 0.5) is 0 Å². The number of nitrogens with two attached hydrogens (primary N) is 1. The van der Waals surface area contributed by atoms with Crippen molar-refractivity contribution in [1.29, 1.82) is 0 Å². The van der Waals surface area contributed by atoms with Crippen LogP contribution in [-0.2, 0) is 11.3 Å². The molecule has 0 radical (unpaired) electrons. The molecule has 0 aliphatic heterocycles. The Morgan fingerprint density at radius 1 is 1.37 bits per heavy atom. The van der Waals surface area contributed by atoms with Gasteiger partial charge in [0.25, 0.3) is 0 Å². The van der Waals surface area contributed by atoms with Crippen LogP contribution in [-0.4, -0.2) is 19.1 Å². The lowest BCUT2D eigenvalue weighted by Gasteiger charge is -2.12. The highest BCUT2D eigenvalue weighted by Gasteiger charge is 2.07. The van der Waals surface area contributed by atoms with Gasteiger partial charge < -0.3 is 15.8 Å². The van der Waals surface area contributed by atoms with E-state index in [4.69, 9.17) is 10.5 Å². The lowest BCUT2D eigenvalue weighted by atomic mass is 10.1. The molecule has 0 aliphatic carbocycles. The van der Waals surface area contributed by atoms with Crippen molar-refractivity contribution in [3.8, 4) is 5.75 Å². The summed E-state index contributed by atoms with van der Waals surface area (Å²) in [6.07, 6.45) is 1.19. The number of hydrogen-bond acceptors (Lipinski definition) is 3. The Hall–Kier alpha value is -1.55. The fourth-order valence-corrected chi connectivity index (χ4v) is 2.11. The predicted octanol–water partition coefficient (Wildman–Crippen LogP) is 2.06. The summed E-state index contributed by atoms with van der Waals surface area (Å²) in [5.41, 5.74) is 8.88. The minimum Gasteiger partial charge on any atom is -0.496 e. The third kappa shape index (κ3) is 4.91. The van der Waals surface area contributed by atoms with Gasteiger partial charge in [0.15, 0.2) is 0 Å². The number of rotatable bonds is 6. The largest absolute Gasteiger partial charge is 0.496 e. The zero-order valence-electron chi connectivity index (χ0n) is 12.2. The van der Waals surface area contributed by atoms with Gasteiger partial charge in [-0.15, -0.1) is 0 Å². The monoisotopic (exact) mass is 264 g/mol. The molecule has 3 N–H and O–H groups in total. The molecule has 4 heteroatoms. The average Bonchev–Trinajstić information content (AvgIpc) is 2.33. The second kappa shape index (κ2) is 7.14. The number of ether oxygens (including phenoxy) is 1. The van der Waals surface area contributed by atoms with Crippen molar-refractivity contribution in [3.05, 3.63) is 28.8 Å². The smallest absolute Gasteiger partial charge is 0.220 e. The Bertz CT molecular complexity index is 419. The molecule has 0 heterocycles. The van der Waals surface area contributed by atoms with E-state index >= 15 is 0 Å². The summed E-state index contributed by atoms with van der Waals surface area (Å²) in [4.78, 5) is 11.6. The van der Waals surface area contributed by atoms with Crippen LogP contribution in [0.5, 0.6) is 5.75 Å². The first kappa shape index (κ1) is 15.5. The quantitative estimate of drug-likeness (QED) is 0.826. The van der Waals surface area contributed by atoms with Crippen molar-refractivity contribution >= 4 is 5.91 Å². The summed E-state index contributed by atoms with van der Waals surface area (Å²) in [5, 5.41) is 2.91. The molecule has 0 spiro atoms. The maximum atomic E-state index is 11.6. The molecule has 0 aromatic heterocycles. The van der Waals surface area contributed by atoms with E-state index in [2.05, 4.69) is 5.32 Å². The Kier molecular flexibility index (Phi) is 5.83. The van der Waals surface area contributed by atoms with Gasteiger partial charge in [-0.25, -0.2) is 0 Å². The van der Waals surface area contributed by atoms with Gasteiger partial charge in [0, 0.05) is 19.0 Å². The molecule has 1 rings (SSSR count). The molecule has 0 saturated carbocycles. The molecular formula is C15H24N2O2. The van der Waals surface area contributed by atoms with E-state index in [0.29, 0.717) is 19.4 Å². The van der Waals surface area contributed by atoms with Crippen LogP contribution >= 0.6 is 0 Å². The molecule has 1 aromatic rings. The van der Waals surface area contributed by atoms with Crippen LogP contribution in [0.1, 0.15) is 36.5 Å². The molecule has 0 bridgehead atoms. The Morgan fingerprint density at radius 3 is 2.42 bits per heavy atom. The maximum absolute atomic E-state index is 11.6. The first-order chi connectivity index (χ1) is 8.93. The van der Waals surface area contributed by atoms with Crippen molar-refractivity contribution < 1.29 is 9.53 Å². The van der Waals surface area contributed by atoms with Gasteiger partial charge in [0.1, 0.15) is 5.75 Å². The number of amides is 1. The summed E-state index contributed by atoms with van der Waals surface area (Å²) in [7, 11) is 1.67. The number of methoxy groups -OCH3 is 1. The van der Waals surface area contributed by atoms with Crippen molar-refractivity contribution in [2.24, 2.45) is 5.73 Å². The molecule has 1 amide bonds. The van der Waals surface area contributed by atoms with Gasteiger partial charge in [0.2, 0.25) is 5.91 Å². The molecule has 0 aliphatic rings. The van der Waals surface area contributed by atoms with Crippen LogP contribution < -0.4 is 15.8 Å². The van der Waals surface area contributed by atoms with Crippen LogP contribution in [0.2, 0.25) is 0 Å². The maximum Gasteiger partial charge on any atom is 0.220 e. The lowest BCUT2D eigenvalue weighted by Crippen LogP contribution is -2.25. The van der Waals surface area contributed by atoms with Crippen LogP contribution in [0.3, 0.4) is 0 Å². The van der Waals surface area contributed by atoms with Crippen molar-refractivity contribution in [3.63, 3.8) is 0 Å². The van der Waals surface area contributed by atoms with E-state index in [1.165, 1.54) is 0 Å². The highest BCUT2D eigenvalue weighted by atomic mass is 16.5. The predicted molar refractivity (Wildman–Crippen MR) is 77.2 cm³/mol. The minimum absolute atomic E-state index is 0.0448. The molecule has 0 fully saturated rings. The Morgan fingerprint density at radius 2 is 1.95 bits per heavy atom. The van der Waals surface area contributed by atoms with E-state index < -0.39 is 0 Å². The van der Waals surface area contributed by atoms with Crippen LogP contribution in [0, 0.1) is 13.8 Å². The first-order valence-electron chi connectivity index (χ1n) is 6.60. The van der Waals surface area contributed by atoms with E-state index in [1.807, 2.05) is 32.9 Å². The van der Waals surface area contributed by atoms with Crippen LogP contribution in [0.25, 0.3) is 0 Å². The van der Waals surface area contributed by atoms with Crippen LogP contribution in [0.15, 0.2) is 12.1 Å². The SMILES string of the molecule is COc1c(C)cc(CNC(=O)CCC(C)N)cc1C. The highest BCUT2D eigenvalue weighted by molar-refractivity contribution is 5.75. The number of benzene rings is 1. The number of nitrogens with one attached hydrogen (secondary N) is 1. The minimum atomic E-state index is 0.0448. The van der Waals surface area contributed by atoms with E-state index in [9.17, 15) is 4.79 Å². The molecule has 1 aromatic carbocycles. The third-order valence-electron chi connectivity index (χ3n) is 3.04. The number of carbonyl (C=O) groups is 1. The van der Waals surface area contributed by atoms with E-state index in [1.54, 1.807) is 7.11 Å². The highest BCUT2D eigenvalue weighted by Crippen LogP contribution is 2.24. The molecule has 1 unspecified atom stereocenters. The Balaban J connectivity index is 2.56. The molecule has 0 saturated heterocycles. The summed E-state index contributed by atoms with van der Waals surface area (Å²) < 4.78 is 5.32. The van der Waals surface area contributed by atoms with E-state index in [-0.39, 0.29) is 11.9 Å². The normalized spacial score (nSPS) is 12.1. The van der Waals surface area contributed by atoms with Gasteiger partial charge in [-0.2, -0.15) is 0 Å². The van der Waals surface area contributed by atoms with Crippen molar-refractivity contribution in [2.75, 3.05) is 7.11 Å². The molecule has 1 atom stereocenters. The first-order valence-corrected chi connectivity index (χ1v) is 6.60. The summed E-state index contributed by atoms with van der Waals surface area (Å²) in [5.74, 6) is 0.954. The summed E-state index contributed by atoms with van der Waals surface area (Å²) >= 11 is 0. The summed E-state index contributed by atoms with van der Waals surface area (Å²) in [6.45, 7) is 6.47. The van der Waals surface area contributed by atoms with Crippen molar-refractivity contribution in [2.45, 2.75) is 46.2 Å². The third-order valence-corrected chi connectivity index (χ3v) is 3.04. The number of carbonyl (C=O) groups excluding carboxylic acids is 1. The fourth-order valence-electron chi connectivity index (χ4n) is 2.11. The van der Waals surface area contributed by atoms with Gasteiger partial charge in [-0.1, -0.05) is 12.1 Å². The number of aryl methyl sites for hydroxylation is 2. The van der Waals surface area contributed by atoms with Gasteiger partial charge in [-0.3, -0.25) is 4.79 Å². The zero-order chi connectivity index (χ0) is 14.4. The lowest BCUT2D eigenvalue weighted by molar-refractivity contribution is -0.121. The standard InChI is InChI=1S/C15H24N2O2/c1-10-7-13(8-11(2)15(10)19-4)9-17-14(18)6-5-12(3)16/h7-8,12H,5-6,9,16H2,1-4H3,(H,17,18). The molecular weight excluding hydrogens is 240 g/mol. The molecule has 19 heavy (non-hydrogen) atoms. The average molecular weight is 264 g/mol. The zero-order valence-corrected chi connectivity index (χ0v) is 12.2. The second-order valence-corrected chi connectivity index (χ2v) is 5.06. The molecule has 4 nitrogen and oxygen atoms in total. The number of hydrogen-bond donors (Lipinski definition) is 2. The van der Waals surface area contributed by atoms with E-state index in [0.717, 1.165) is 22.4 Å². The van der Waals surface area contributed by atoms with Gasteiger partial charge in [0.05, 0.1) is 7.11 Å². The van der Waals surface area contributed by atoms with Crippen molar-refractivity contribution in [1.82, 2.24) is 5.32 Å². The molecule has 106 valence electrons. The fraction of sp³-hybridized carbons (Fsp3) is 0.533. The van der Waals surface area contributed by atoms with Gasteiger partial charge >= 0.3 is 0 Å². The topological polar surface area (TPSA) is 64.3 Å². The summed E-state index contributed by atoms with van der Waals surface area (Å²) in [6, 6.07) is 4.14. The second-order valence-electron chi connectivity index (χ2n) is 5.06.